The molecule has 1 saturated heterocycles. The van der Waals surface area contributed by atoms with Crippen LogP contribution in [0.5, 0.6) is 0 Å². The van der Waals surface area contributed by atoms with Gasteiger partial charge >= 0.3 is 5.97 Å². The number of aliphatic hydroxyl groups is 5. The van der Waals surface area contributed by atoms with Crippen LogP contribution in [0.1, 0.15) is 110 Å². The van der Waals surface area contributed by atoms with Crippen LogP contribution >= 0.6 is 0 Å². The standard InChI is InChI=1S/C27H52O9/c1-2-3-4-5-6-7-8-9-10-11-12-13-14-15-16-17-23(30)34-19-21(29)20-35-27-26(33)25(32)24(31)22(18-28)36-27/h21-22,24-29,31-33H,2-20H2,1H3/t21?,22-,24-,25+,26-,27?/m1/s1. The van der Waals surface area contributed by atoms with E-state index < -0.39 is 43.4 Å². The fraction of sp³-hybridized carbons (Fsp3) is 0.963. The summed E-state index contributed by atoms with van der Waals surface area (Å²) in [4.78, 5) is 11.9. The fourth-order valence-electron chi connectivity index (χ4n) is 4.36. The van der Waals surface area contributed by atoms with Gasteiger partial charge in [0, 0.05) is 6.42 Å². The minimum Gasteiger partial charge on any atom is -0.463 e. The number of rotatable bonds is 22. The van der Waals surface area contributed by atoms with E-state index in [4.69, 9.17) is 14.2 Å². The highest BCUT2D eigenvalue weighted by Gasteiger charge is 2.44. The summed E-state index contributed by atoms with van der Waals surface area (Å²) in [7, 11) is 0. The molecule has 9 heteroatoms. The van der Waals surface area contributed by atoms with Crippen molar-refractivity contribution in [3.8, 4) is 0 Å². The molecule has 9 nitrogen and oxygen atoms in total. The van der Waals surface area contributed by atoms with Crippen molar-refractivity contribution in [1.82, 2.24) is 0 Å². The van der Waals surface area contributed by atoms with Gasteiger partial charge in [0.25, 0.3) is 0 Å². The average Bonchev–Trinajstić information content (AvgIpc) is 2.88. The summed E-state index contributed by atoms with van der Waals surface area (Å²) >= 11 is 0. The molecule has 1 fully saturated rings. The zero-order chi connectivity index (χ0) is 26.6. The summed E-state index contributed by atoms with van der Waals surface area (Å²) < 4.78 is 15.5. The Hall–Kier alpha value is -0.810. The zero-order valence-corrected chi connectivity index (χ0v) is 22.3. The Bertz CT molecular complexity index is 531. The molecule has 6 atom stereocenters. The zero-order valence-electron chi connectivity index (χ0n) is 22.3. The van der Waals surface area contributed by atoms with E-state index in [1.54, 1.807) is 0 Å². The van der Waals surface area contributed by atoms with Crippen LogP contribution in [-0.4, -0.2) is 88.1 Å². The van der Waals surface area contributed by atoms with Gasteiger partial charge in [0.15, 0.2) is 6.29 Å². The molecule has 214 valence electrons. The van der Waals surface area contributed by atoms with Crippen LogP contribution < -0.4 is 0 Å². The van der Waals surface area contributed by atoms with Gasteiger partial charge in [-0.2, -0.15) is 0 Å². The minimum atomic E-state index is -1.55. The number of carbonyl (C=O) groups is 1. The Morgan fingerprint density at radius 2 is 1.25 bits per heavy atom. The Morgan fingerprint density at radius 3 is 1.75 bits per heavy atom. The lowest BCUT2D eigenvalue weighted by molar-refractivity contribution is -0.305. The van der Waals surface area contributed by atoms with E-state index in [0.717, 1.165) is 19.3 Å². The minimum absolute atomic E-state index is 0.255. The molecule has 0 amide bonds. The lowest BCUT2D eigenvalue weighted by Crippen LogP contribution is -2.59. The van der Waals surface area contributed by atoms with Crippen molar-refractivity contribution in [2.75, 3.05) is 19.8 Å². The number of hydrogen-bond acceptors (Lipinski definition) is 9. The van der Waals surface area contributed by atoms with Crippen molar-refractivity contribution in [2.24, 2.45) is 0 Å². The van der Waals surface area contributed by atoms with Crippen LogP contribution in [0.15, 0.2) is 0 Å². The quantitative estimate of drug-likeness (QED) is 0.107. The van der Waals surface area contributed by atoms with Gasteiger partial charge in [-0.3, -0.25) is 4.79 Å². The number of unbranched alkanes of at least 4 members (excludes halogenated alkanes) is 14. The number of aliphatic hydroxyl groups excluding tert-OH is 5. The third kappa shape index (κ3) is 14.8. The Balaban J connectivity index is 1.94. The van der Waals surface area contributed by atoms with Gasteiger partial charge in [0.05, 0.1) is 13.2 Å². The second-order valence-electron chi connectivity index (χ2n) is 10.1. The van der Waals surface area contributed by atoms with Crippen molar-refractivity contribution in [3.63, 3.8) is 0 Å². The Morgan fingerprint density at radius 1 is 0.750 bits per heavy atom. The molecule has 1 rings (SSSR count). The molecule has 0 aromatic heterocycles. The molecular weight excluding hydrogens is 468 g/mol. The predicted molar refractivity (Wildman–Crippen MR) is 136 cm³/mol. The normalized spacial score (nSPS) is 25.1. The van der Waals surface area contributed by atoms with Crippen LogP contribution in [0.4, 0.5) is 0 Å². The van der Waals surface area contributed by atoms with Crippen LogP contribution in [0.25, 0.3) is 0 Å². The third-order valence-corrected chi connectivity index (χ3v) is 6.72. The molecule has 0 bridgehead atoms. The maximum absolute atomic E-state index is 11.9. The summed E-state index contributed by atoms with van der Waals surface area (Å²) in [6.07, 6.45) is 11.0. The molecule has 0 aromatic carbocycles. The first-order valence-corrected chi connectivity index (χ1v) is 14.2. The van der Waals surface area contributed by atoms with Crippen molar-refractivity contribution in [3.05, 3.63) is 0 Å². The molecule has 1 aliphatic rings. The van der Waals surface area contributed by atoms with Crippen molar-refractivity contribution >= 4 is 5.97 Å². The van der Waals surface area contributed by atoms with E-state index in [0.29, 0.717) is 6.42 Å². The third-order valence-electron chi connectivity index (χ3n) is 6.72. The molecule has 0 aliphatic carbocycles. The molecule has 0 saturated carbocycles. The van der Waals surface area contributed by atoms with Crippen molar-refractivity contribution < 1.29 is 44.5 Å². The van der Waals surface area contributed by atoms with Crippen molar-refractivity contribution in [2.45, 2.75) is 146 Å². The van der Waals surface area contributed by atoms with Gasteiger partial charge in [-0.05, 0) is 6.42 Å². The lowest BCUT2D eigenvalue weighted by atomic mass is 9.99. The summed E-state index contributed by atoms with van der Waals surface area (Å²) in [5, 5.41) is 48.5. The largest absolute Gasteiger partial charge is 0.463 e. The number of hydrogen-bond donors (Lipinski definition) is 5. The molecular formula is C27H52O9. The Kier molecular flexibility index (Phi) is 19.5. The first-order chi connectivity index (χ1) is 17.4. The molecule has 1 heterocycles. The molecule has 2 unspecified atom stereocenters. The molecule has 0 spiro atoms. The molecule has 5 N–H and O–H groups in total. The van der Waals surface area contributed by atoms with E-state index in [-0.39, 0.29) is 19.2 Å². The van der Waals surface area contributed by atoms with Gasteiger partial charge < -0.3 is 39.7 Å². The summed E-state index contributed by atoms with van der Waals surface area (Å²) in [6, 6.07) is 0. The Labute approximate surface area is 217 Å². The first-order valence-electron chi connectivity index (χ1n) is 14.2. The van der Waals surface area contributed by atoms with E-state index in [9.17, 15) is 30.3 Å². The van der Waals surface area contributed by atoms with E-state index in [1.165, 1.54) is 77.0 Å². The van der Waals surface area contributed by atoms with Crippen LogP contribution in [-0.2, 0) is 19.0 Å². The van der Waals surface area contributed by atoms with E-state index >= 15 is 0 Å². The maximum atomic E-state index is 11.9. The maximum Gasteiger partial charge on any atom is 0.305 e. The monoisotopic (exact) mass is 520 g/mol. The first kappa shape index (κ1) is 33.2. The summed E-state index contributed by atoms with van der Waals surface area (Å²) in [5.74, 6) is -0.378. The topological polar surface area (TPSA) is 146 Å². The summed E-state index contributed by atoms with van der Waals surface area (Å²) in [5.41, 5.74) is 0. The number of esters is 1. The predicted octanol–water partition coefficient (Wildman–Crippen LogP) is 2.97. The van der Waals surface area contributed by atoms with Gasteiger partial charge in [-0.1, -0.05) is 96.8 Å². The number of carbonyl (C=O) groups excluding carboxylic acids is 1. The second kappa shape index (κ2) is 21.2. The van der Waals surface area contributed by atoms with Gasteiger partial charge in [0.1, 0.15) is 37.1 Å². The van der Waals surface area contributed by atoms with Gasteiger partial charge in [-0.25, -0.2) is 0 Å². The lowest BCUT2D eigenvalue weighted by Gasteiger charge is -2.39. The molecule has 36 heavy (non-hydrogen) atoms. The molecule has 1 aliphatic heterocycles. The van der Waals surface area contributed by atoms with Crippen LogP contribution in [0.2, 0.25) is 0 Å². The number of ether oxygens (including phenoxy) is 3. The van der Waals surface area contributed by atoms with E-state index in [2.05, 4.69) is 6.92 Å². The molecule has 0 radical (unpaired) electrons. The highest BCUT2D eigenvalue weighted by molar-refractivity contribution is 5.69. The van der Waals surface area contributed by atoms with E-state index in [1.807, 2.05) is 0 Å². The van der Waals surface area contributed by atoms with Crippen LogP contribution in [0, 0.1) is 0 Å². The highest BCUT2D eigenvalue weighted by Crippen LogP contribution is 2.22. The summed E-state index contributed by atoms with van der Waals surface area (Å²) in [6.45, 7) is 1.12. The van der Waals surface area contributed by atoms with Gasteiger partial charge in [0.2, 0.25) is 0 Å². The average molecular weight is 521 g/mol. The highest BCUT2D eigenvalue weighted by atomic mass is 16.7. The molecule has 0 aromatic rings. The van der Waals surface area contributed by atoms with Crippen LogP contribution in [0.3, 0.4) is 0 Å². The van der Waals surface area contributed by atoms with Crippen molar-refractivity contribution in [1.29, 1.82) is 0 Å². The second-order valence-corrected chi connectivity index (χ2v) is 10.1. The van der Waals surface area contributed by atoms with Gasteiger partial charge in [-0.15, -0.1) is 0 Å². The smallest absolute Gasteiger partial charge is 0.305 e. The fourth-order valence-corrected chi connectivity index (χ4v) is 4.36. The SMILES string of the molecule is CCCCCCCCCCCCCCCCCC(=O)OCC(O)COC1O[C@H](CO)[C@@H](O)[C@H](O)[C@H]1O.